The van der Waals surface area contributed by atoms with Crippen molar-refractivity contribution >= 4 is 14.5 Å². The molecule has 0 bridgehead atoms. The molecular weight excluding hydrogens is 477 g/mol. The highest BCUT2D eigenvalue weighted by Crippen LogP contribution is 2.38. The van der Waals surface area contributed by atoms with E-state index in [1.54, 1.807) is 33.5 Å². The van der Waals surface area contributed by atoms with Crippen LogP contribution < -0.4 is 10.0 Å². The maximum atomic E-state index is 14.7. The van der Waals surface area contributed by atoms with Crippen molar-refractivity contribution in [3.8, 4) is 16.9 Å². The standard InChI is InChI=1S/C25H21F6O2P/c1-13-2-7-22(32-12-13)15-5-3-14(4-6-15)16-8-18(26)23(19(27)9-16)25(30,31)33-17-10-20(28)24(34)21(29)11-17/h3-6,8-11,13,22H,2,7,12,34H2,1H3. The molecule has 3 atom stereocenters. The van der Waals surface area contributed by atoms with Crippen LogP contribution in [0.15, 0.2) is 48.5 Å². The zero-order valence-electron chi connectivity index (χ0n) is 18.1. The van der Waals surface area contributed by atoms with Gasteiger partial charge in [0.2, 0.25) is 0 Å². The van der Waals surface area contributed by atoms with Crippen LogP contribution >= 0.6 is 9.24 Å². The lowest BCUT2D eigenvalue weighted by molar-refractivity contribution is -0.189. The SMILES string of the molecule is CC1CCC(c2ccc(-c3cc(F)c(C(F)(F)Oc4cc(F)c(P)c(F)c4)c(F)c3)cc2)OC1. The fourth-order valence-corrected chi connectivity index (χ4v) is 4.04. The molecule has 0 aliphatic carbocycles. The van der Waals surface area contributed by atoms with E-state index in [0.29, 0.717) is 30.2 Å². The summed E-state index contributed by atoms with van der Waals surface area (Å²) in [5.41, 5.74) is -0.275. The average molecular weight is 498 g/mol. The molecule has 0 radical (unpaired) electrons. The summed E-state index contributed by atoms with van der Waals surface area (Å²) in [6.07, 6.45) is -2.69. The Morgan fingerprint density at radius 1 is 0.853 bits per heavy atom. The van der Waals surface area contributed by atoms with Crippen molar-refractivity contribution in [3.63, 3.8) is 0 Å². The number of ether oxygens (including phenoxy) is 2. The van der Waals surface area contributed by atoms with E-state index in [1.165, 1.54) is 0 Å². The number of hydrogen-bond donors (Lipinski definition) is 0. The van der Waals surface area contributed by atoms with Crippen molar-refractivity contribution in [1.82, 2.24) is 0 Å². The highest BCUT2D eigenvalue weighted by molar-refractivity contribution is 7.27. The van der Waals surface area contributed by atoms with Gasteiger partial charge < -0.3 is 9.47 Å². The predicted molar refractivity (Wildman–Crippen MR) is 119 cm³/mol. The van der Waals surface area contributed by atoms with Crippen LogP contribution in [0.1, 0.15) is 37.0 Å². The van der Waals surface area contributed by atoms with Crippen LogP contribution in [0.4, 0.5) is 26.3 Å². The molecule has 1 fully saturated rings. The van der Waals surface area contributed by atoms with Gasteiger partial charge in [0.15, 0.2) is 0 Å². The highest BCUT2D eigenvalue weighted by Gasteiger charge is 2.41. The summed E-state index contributed by atoms with van der Waals surface area (Å²) < 4.78 is 95.9. The van der Waals surface area contributed by atoms with E-state index in [1.807, 2.05) is 0 Å². The summed E-state index contributed by atoms with van der Waals surface area (Å²) in [6.45, 7) is 2.76. The lowest BCUT2D eigenvalue weighted by atomic mass is 9.94. The van der Waals surface area contributed by atoms with Crippen molar-refractivity contribution in [2.24, 2.45) is 5.92 Å². The Kier molecular flexibility index (Phi) is 6.92. The fourth-order valence-electron chi connectivity index (χ4n) is 3.87. The second kappa shape index (κ2) is 9.59. The summed E-state index contributed by atoms with van der Waals surface area (Å²) >= 11 is 0. The minimum Gasteiger partial charge on any atom is -0.429 e. The molecule has 2 nitrogen and oxygen atoms in total. The zero-order valence-corrected chi connectivity index (χ0v) is 19.2. The van der Waals surface area contributed by atoms with Crippen LogP contribution in [0.3, 0.4) is 0 Å². The second-order valence-corrected chi connectivity index (χ2v) is 8.94. The molecule has 3 aromatic carbocycles. The van der Waals surface area contributed by atoms with Gasteiger partial charge in [-0.2, -0.15) is 8.78 Å². The second-order valence-electron chi connectivity index (χ2n) is 8.36. The Balaban J connectivity index is 1.58. The lowest BCUT2D eigenvalue weighted by Crippen LogP contribution is -2.25. The van der Waals surface area contributed by atoms with Gasteiger partial charge in [-0.1, -0.05) is 40.4 Å². The molecule has 1 saturated heterocycles. The topological polar surface area (TPSA) is 18.5 Å². The van der Waals surface area contributed by atoms with Crippen molar-refractivity contribution in [3.05, 3.63) is 82.9 Å². The minimum atomic E-state index is -4.52. The summed E-state index contributed by atoms with van der Waals surface area (Å²) in [6, 6.07) is 9.34. The molecule has 4 rings (SSSR count). The van der Waals surface area contributed by atoms with Gasteiger partial charge in [0, 0.05) is 24.0 Å². The normalized spacial score (nSPS) is 18.7. The molecule has 0 N–H and O–H groups in total. The van der Waals surface area contributed by atoms with Crippen LogP contribution in [-0.4, -0.2) is 6.61 Å². The predicted octanol–water partition coefficient (Wildman–Crippen LogP) is 7.03. The van der Waals surface area contributed by atoms with Gasteiger partial charge in [0.05, 0.1) is 6.10 Å². The monoisotopic (exact) mass is 498 g/mol. The molecule has 3 aromatic rings. The van der Waals surface area contributed by atoms with Crippen molar-refractivity contribution in [1.29, 1.82) is 0 Å². The average Bonchev–Trinajstić information content (AvgIpc) is 2.77. The molecule has 0 saturated carbocycles. The zero-order chi connectivity index (χ0) is 24.6. The van der Waals surface area contributed by atoms with Gasteiger partial charge in [-0.25, -0.2) is 17.6 Å². The first-order chi connectivity index (χ1) is 16.0. The van der Waals surface area contributed by atoms with E-state index in [0.717, 1.165) is 30.5 Å². The van der Waals surface area contributed by atoms with Crippen LogP contribution in [0.25, 0.3) is 11.1 Å². The van der Waals surface area contributed by atoms with Crippen LogP contribution in [0, 0.1) is 29.2 Å². The van der Waals surface area contributed by atoms with Crippen LogP contribution in [-0.2, 0) is 10.8 Å². The Morgan fingerprint density at radius 2 is 1.44 bits per heavy atom. The third-order valence-electron chi connectivity index (χ3n) is 5.75. The Labute approximate surface area is 195 Å². The Bertz CT molecular complexity index is 1140. The molecule has 1 aliphatic rings. The van der Waals surface area contributed by atoms with Crippen molar-refractivity contribution in [2.75, 3.05) is 6.61 Å². The summed E-state index contributed by atoms with van der Waals surface area (Å²) in [7, 11) is 1.77. The molecule has 1 heterocycles. The molecule has 34 heavy (non-hydrogen) atoms. The van der Waals surface area contributed by atoms with Crippen LogP contribution in [0.2, 0.25) is 0 Å². The first-order valence-corrected chi connectivity index (χ1v) is 11.2. The maximum Gasteiger partial charge on any atom is 0.432 e. The summed E-state index contributed by atoms with van der Waals surface area (Å²) in [4.78, 5) is 0. The van der Waals surface area contributed by atoms with E-state index >= 15 is 0 Å². The van der Waals surface area contributed by atoms with E-state index in [4.69, 9.17) is 4.74 Å². The maximum absolute atomic E-state index is 14.7. The largest absolute Gasteiger partial charge is 0.432 e. The number of halogens is 6. The first-order valence-electron chi connectivity index (χ1n) is 10.6. The van der Waals surface area contributed by atoms with Crippen molar-refractivity contribution < 1.29 is 35.8 Å². The Morgan fingerprint density at radius 3 is 1.97 bits per heavy atom. The molecule has 0 amide bonds. The van der Waals surface area contributed by atoms with E-state index < -0.39 is 46.0 Å². The molecule has 1 aliphatic heterocycles. The third-order valence-corrected chi connectivity index (χ3v) is 6.30. The number of hydrogen-bond acceptors (Lipinski definition) is 2. The molecule has 0 spiro atoms. The van der Waals surface area contributed by atoms with Gasteiger partial charge in [0.25, 0.3) is 0 Å². The minimum absolute atomic E-state index is 0.0451. The van der Waals surface area contributed by atoms with Crippen LogP contribution in [0.5, 0.6) is 5.75 Å². The number of rotatable bonds is 5. The Hall–Kier alpha value is -2.57. The molecule has 9 heteroatoms. The van der Waals surface area contributed by atoms with Gasteiger partial charge in [-0.3, -0.25) is 0 Å². The highest BCUT2D eigenvalue weighted by atomic mass is 31.0. The number of benzene rings is 3. The quantitative estimate of drug-likeness (QED) is 0.278. The number of alkyl halides is 2. The molecule has 3 unspecified atom stereocenters. The van der Waals surface area contributed by atoms with E-state index in [9.17, 15) is 26.3 Å². The fraction of sp³-hybridized carbons (Fsp3) is 0.280. The lowest BCUT2D eigenvalue weighted by Gasteiger charge is -2.27. The third kappa shape index (κ3) is 5.08. The van der Waals surface area contributed by atoms with E-state index in [2.05, 4.69) is 11.7 Å². The molecule has 0 aromatic heterocycles. The van der Waals surface area contributed by atoms with Gasteiger partial charge in [0.1, 0.15) is 34.6 Å². The van der Waals surface area contributed by atoms with Crippen molar-refractivity contribution in [2.45, 2.75) is 32.0 Å². The van der Waals surface area contributed by atoms with Gasteiger partial charge in [-0.15, -0.1) is 0 Å². The summed E-state index contributed by atoms with van der Waals surface area (Å²) in [5.74, 6) is -5.86. The summed E-state index contributed by atoms with van der Waals surface area (Å²) in [5, 5.41) is -0.479. The first kappa shape index (κ1) is 24.6. The van der Waals surface area contributed by atoms with E-state index in [-0.39, 0.29) is 11.7 Å². The molecule has 180 valence electrons. The molecular formula is C25H21F6O2P. The van der Waals surface area contributed by atoms with Gasteiger partial charge >= 0.3 is 6.11 Å². The van der Waals surface area contributed by atoms with Gasteiger partial charge in [-0.05, 0) is 47.6 Å². The smallest absolute Gasteiger partial charge is 0.429 e.